The first-order chi connectivity index (χ1) is 9.42. The van der Waals surface area contributed by atoms with E-state index in [-0.39, 0.29) is 0 Å². The Labute approximate surface area is 112 Å². The lowest BCUT2D eigenvalue weighted by Gasteiger charge is -1.88. The summed E-state index contributed by atoms with van der Waals surface area (Å²) in [6.45, 7) is 0.790. The van der Waals surface area contributed by atoms with Gasteiger partial charge in [0, 0.05) is 24.7 Å². The molecule has 4 aromatic rings. The van der Waals surface area contributed by atoms with Gasteiger partial charge in [0.05, 0.1) is 10.9 Å². The molecular formula is C14H8N3OS+. The molecule has 0 amide bonds. The highest BCUT2D eigenvalue weighted by atomic mass is 32.1. The van der Waals surface area contributed by atoms with Crippen LogP contribution in [0.1, 0.15) is 5.69 Å². The normalized spacial score (nSPS) is 13.1. The van der Waals surface area contributed by atoms with Crippen molar-refractivity contribution in [3.05, 3.63) is 42.5 Å². The Hall–Kier alpha value is -2.27. The molecule has 0 saturated carbocycles. The van der Waals surface area contributed by atoms with Gasteiger partial charge in [0.15, 0.2) is 11.2 Å². The molecular weight excluding hydrogens is 258 g/mol. The molecule has 0 spiro atoms. The summed E-state index contributed by atoms with van der Waals surface area (Å²) < 4.78 is 9.35. The van der Waals surface area contributed by atoms with Crippen LogP contribution in [0.5, 0.6) is 0 Å². The zero-order chi connectivity index (χ0) is 12.4. The number of furan rings is 1. The maximum atomic E-state index is 5.97. The molecule has 0 aromatic carbocycles. The number of rotatable bonds is 0. The molecule has 1 aliphatic heterocycles. The summed E-state index contributed by atoms with van der Waals surface area (Å²) in [7, 11) is 0. The Balaban J connectivity index is 1.93. The molecule has 4 nitrogen and oxygen atoms in total. The summed E-state index contributed by atoms with van der Waals surface area (Å²) in [5.74, 6) is 0. The summed E-state index contributed by atoms with van der Waals surface area (Å²) in [5.41, 5.74) is 4.17. The number of hydrogen-bond acceptors (Lipinski definition) is 4. The van der Waals surface area contributed by atoms with Gasteiger partial charge in [-0.3, -0.25) is 9.97 Å². The van der Waals surface area contributed by atoms with Gasteiger partial charge in [0.25, 0.3) is 5.01 Å². The average molecular weight is 266 g/mol. The second-order valence-electron chi connectivity index (χ2n) is 4.60. The second-order valence-corrected chi connectivity index (χ2v) is 5.60. The monoisotopic (exact) mass is 266 g/mol. The predicted molar refractivity (Wildman–Crippen MR) is 71.9 cm³/mol. The van der Waals surface area contributed by atoms with E-state index in [4.69, 9.17) is 4.42 Å². The Morgan fingerprint density at radius 3 is 3.26 bits per heavy atom. The van der Waals surface area contributed by atoms with E-state index in [1.54, 1.807) is 17.5 Å². The van der Waals surface area contributed by atoms with Crippen LogP contribution < -0.4 is 4.57 Å². The minimum absolute atomic E-state index is 0.790. The molecule has 5 heteroatoms. The van der Waals surface area contributed by atoms with Crippen molar-refractivity contribution in [2.45, 2.75) is 6.54 Å². The fourth-order valence-electron chi connectivity index (χ4n) is 2.68. The summed E-state index contributed by atoms with van der Waals surface area (Å²) in [6.07, 6.45) is 5.48. The minimum atomic E-state index is 0.790. The van der Waals surface area contributed by atoms with E-state index in [1.807, 2.05) is 24.5 Å². The number of fused-ring (bicyclic) bond motifs is 7. The molecule has 19 heavy (non-hydrogen) atoms. The highest BCUT2D eigenvalue weighted by Crippen LogP contribution is 2.38. The van der Waals surface area contributed by atoms with Crippen molar-refractivity contribution in [1.82, 2.24) is 9.97 Å². The van der Waals surface area contributed by atoms with Gasteiger partial charge in [0.2, 0.25) is 0 Å². The van der Waals surface area contributed by atoms with Crippen LogP contribution in [0.4, 0.5) is 0 Å². The standard InChI is InChI=1S/C14H8N3OS/c1-2-8-10(16-4-1)7-17-13-12(19-14(8)17)9-6-15-5-3-11(9)18-13/h1-6H,7H2/q+1. The van der Waals surface area contributed by atoms with E-state index < -0.39 is 0 Å². The fraction of sp³-hybridized carbons (Fsp3) is 0.0714. The Bertz CT molecular complexity index is 954. The van der Waals surface area contributed by atoms with Crippen molar-refractivity contribution < 1.29 is 8.98 Å². The van der Waals surface area contributed by atoms with Gasteiger partial charge in [-0.05, 0) is 12.1 Å². The van der Waals surface area contributed by atoms with Crippen LogP contribution >= 0.6 is 11.3 Å². The average Bonchev–Trinajstić information content (AvgIpc) is 3.07. The van der Waals surface area contributed by atoms with Crippen LogP contribution in [0.15, 0.2) is 41.2 Å². The molecule has 0 atom stereocenters. The van der Waals surface area contributed by atoms with Gasteiger partial charge < -0.3 is 4.42 Å². The molecule has 1 aliphatic rings. The number of thiazole rings is 1. The molecule has 0 unspecified atom stereocenters. The number of pyridine rings is 2. The van der Waals surface area contributed by atoms with Crippen LogP contribution in [0.2, 0.25) is 0 Å². The molecule has 0 bridgehead atoms. The third-order valence-electron chi connectivity index (χ3n) is 3.54. The van der Waals surface area contributed by atoms with Gasteiger partial charge >= 0.3 is 5.71 Å². The zero-order valence-electron chi connectivity index (χ0n) is 9.83. The molecule has 0 aliphatic carbocycles. The smallest absolute Gasteiger partial charge is 0.393 e. The Morgan fingerprint density at radius 1 is 1.26 bits per heavy atom. The molecule has 0 saturated heterocycles. The fourth-order valence-corrected chi connectivity index (χ4v) is 3.93. The molecule has 4 aromatic heterocycles. The van der Waals surface area contributed by atoms with Crippen molar-refractivity contribution in [2.75, 3.05) is 0 Å². The molecule has 90 valence electrons. The molecule has 5 heterocycles. The maximum absolute atomic E-state index is 5.97. The lowest BCUT2D eigenvalue weighted by molar-refractivity contribution is -0.648. The van der Waals surface area contributed by atoms with Gasteiger partial charge in [0.1, 0.15) is 11.3 Å². The highest BCUT2D eigenvalue weighted by molar-refractivity contribution is 7.22. The largest absolute Gasteiger partial charge is 0.403 e. The third-order valence-corrected chi connectivity index (χ3v) is 4.78. The minimum Gasteiger partial charge on any atom is -0.403 e. The quantitative estimate of drug-likeness (QED) is 0.405. The lowest BCUT2D eigenvalue weighted by atomic mass is 10.2. The van der Waals surface area contributed by atoms with Crippen molar-refractivity contribution in [2.24, 2.45) is 0 Å². The highest BCUT2D eigenvalue weighted by Gasteiger charge is 2.35. The first kappa shape index (κ1) is 9.63. The zero-order valence-corrected chi connectivity index (χ0v) is 10.6. The van der Waals surface area contributed by atoms with Gasteiger partial charge in [-0.15, -0.1) is 4.57 Å². The summed E-state index contributed by atoms with van der Waals surface area (Å²) in [5, 5.41) is 2.32. The SMILES string of the molecule is c1cnc2c(c1)-c1sc3c4cnccc4oc3[n+]1C2. The van der Waals surface area contributed by atoms with Crippen molar-refractivity contribution in [3.8, 4) is 10.6 Å². The topological polar surface area (TPSA) is 42.8 Å². The third kappa shape index (κ3) is 1.11. The first-order valence-corrected chi connectivity index (χ1v) is 6.86. The molecule has 0 fully saturated rings. The van der Waals surface area contributed by atoms with Crippen molar-refractivity contribution in [1.29, 1.82) is 0 Å². The Morgan fingerprint density at radius 2 is 2.26 bits per heavy atom. The number of hydrogen-bond donors (Lipinski definition) is 0. The number of aromatic nitrogens is 3. The summed E-state index contributed by atoms with van der Waals surface area (Å²) >= 11 is 1.75. The van der Waals surface area contributed by atoms with Crippen LogP contribution in [-0.4, -0.2) is 9.97 Å². The van der Waals surface area contributed by atoms with Gasteiger partial charge in [-0.25, -0.2) is 0 Å². The first-order valence-electron chi connectivity index (χ1n) is 6.05. The Kier molecular flexibility index (Phi) is 1.62. The van der Waals surface area contributed by atoms with Crippen LogP contribution in [0.3, 0.4) is 0 Å². The lowest BCUT2D eigenvalue weighted by Crippen LogP contribution is -2.30. The summed E-state index contributed by atoms with van der Waals surface area (Å²) in [4.78, 5) is 8.63. The molecule has 0 radical (unpaired) electrons. The predicted octanol–water partition coefficient (Wildman–Crippen LogP) is 2.75. The van der Waals surface area contributed by atoms with Crippen LogP contribution in [-0.2, 0) is 6.54 Å². The van der Waals surface area contributed by atoms with Crippen molar-refractivity contribution >= 4 is 32.7 Å². The van der Waals surface area contributed by atoms with E-state index >= 15 is 0 Å². The van der Waals surface area contributed by atoms with Crippen molar-refractivity contribution in [3.63, 3.8) is 0 Å². The van der Waals surface area contributed by atoms with Crippen LogP contribution in [0.25, 0.3) is 32.0 Å². The summed E-state index contributed by atoms with van der Waals surface area (Å²) in [6, 6.07) is 6.02. The number of nitrogens with zero attached hydrogens (tertiary/aromatic N) is 3. The molecule has 5 rings (SSSR count). The van der Waals surface area contributed by atoms with Gasteiger partial charge in [-0.1, -0.05) is 11.3 Å². The van der Waals surface area contributed by atoms with E-state index in [2.05, 4.69) is 20.6 Å². The molecule has 0 N–H and O–H groups in total. The van der Waals surface area contributed by atoms with E-state index in [0.29, 0.717) is 0 Å². The van der Waals surface area contributed by atoms with E-state index in [0.717, 1.165) is 28.9 Å². The second kappa shape index (κ2) is 3.19. The maximum Gasteiger partial charge on any atom is 0.393 e. The van der Waals surface area contributed by atoms with Gasteiger partial charge in [-0.2, -0.15) is 0 Å². The van der Waals surface area contributed by atoms with Crippen LogP contribution in [0, 0.1) is 0 Å². The van der Waals surface area contributed by atoms with E-state index in [1.165, 1.54) is 15.3 Å². The van der Waals surface area contributed by atoms with E-state index in [9.17, 15) is 0 Å².